The summed E-state index contributed by atoms with van der Waals surface area (Å²) < 4.78 is 5.69. The number of unbranched alkanes of at least 4 members (excludes halogenated alkanes) is 5. The molecule has 27 heavy (non-hydrogen) atoms. The van der Waals surface area contributed by atoms with Gasteiger partial charge in [-0.15, -0.1) is 6.58 Å². The summed E-state index contributed by atoms with van der Waals surface area (Å²) in [6.07, 6.45) is 22.9. The molecule has 0 aliphatic rings. The van der Waals surface area contributed by atoms with Gasteiger partial charge in [-0.05, 0) is 56.6 Å². The maximum atomic E-state index is 11.5. The van der Waals surface area contributed by atoms with Gasteiger partial charge in [0.15, 0.2) is 6.29 Å². The first-order chi connectivity index (χ1) is 13.3. The predicted octanol–water partition coefficient (Wildman–Crippen LogP) is 7.25. The third kappa shape index (κ3) is 10.6. The van der Waals surface area contributed by atoms with E-state index in [-0.39, 0.29) is 0 Å². The van der Waals surface area contributed by atoms with Gasteiger partial charge < -0.3 is 4.74 Å². The van der Waals surface area contributed by atoms with Crippen LogP contribution in [0.1, 0.15) is 80.6 Å². The molecule has 0 saturated carbocycles. The van der Waals surface area contributed by atoms with Crippen molar-refractivity contribution in [3.05, 3.63) is 66.3 Å². The summed E-state index contributed by atoms with van der Waals surface area (Å²) in [5, 5.41) is 0. The molecule has 0 aromatic heterocycles. The van der Waals surface area contributed by atoms with Gasteiger partial charge in [-0.25, -0.2) is 0 Å². The first-order valence-corrected chi connectivity index (χ1v) is 10.4. The van der Waals surface area contributed by atoms with E-state index in [0.717, 1.165) is 55.3 Å². The summed E-state index contributed by atoms with van der Waals surface area (Å²) in [4.78, 5) is 11.5. The fourth-order valence-corrected chi connectivity index (χ4v) is 2.97. The molecule has 148 valence electrons. The number of rotatable bonds is 16. The first kappa shape index (κ1) is 23.0. The molecule has 0 fully saturated rings. The van der Waals surface area contributed by atoms with Crippen LogP contribution < -0.4 is 4.74 Å². The Balaban J connectivity index is 2.17. The summed E-state index contributed by atoms with van der Waals surface area (Å²) >= 11 is 0. The second kappa shape index (κ2) is 16.1. The Labute approximate surface area is 166 Å². The maximum absolute atomic E-state index is 11.5. The molecule has 0 aliphatic heterocycles. The SMILES string of the molecule is C=CC/C=C\C/C=C\CCCCCCCc1cccc(OCCC)c1C=O. The number of benzene rings is 1. The van der Waals surface area contributed by atoms with Crippen molar-refractivity contribution in [2.24, 2.45) is 0 Å². The van der Waals surface area contributed by atoms with Crippen LogP contribution in [-0.2, 0) is 6.42 Å². The van der Waals surface area contributed by atoms with Crippen LogP contribution in [0.2, 0.25) is 0 Å². The molecule has 2 heteroatoms. The van der Waals surface area contributed by atoms with E-state index >= 15 is 0 Å². The zero-order valence-corrected chi connectivity index (χ0v) is 17.0. The van der Waals surface area contributed by atoms with Crippen molar-refractivity contribution in [1.29, 1.82) is 0 Å². The highest BCUT2D eigenvalue weighted by molar-refractivity contribution is 5.81. The molecule has 1 rings (SSSR count). The van der Waals surface area contributed by atoms with Gasteiger partial charge >= 0.3 is 0 Å². The van der Waals surface area contributed by atoms with E-state index in [2.05, 4.69) is 43.9 Å². The predicted molar refractivity (Wildman–Crippen MR) is 117 cm³/mol. The van der Waals surface area contributed by atoms with E-state index in [1.165, 1.54) is 32.1 Å². The Bertz CT molecular complexity index is 584. The van der Waals surface area contributed by atoms with Crippen LogP contribution in [0, 0.1) is 0 Å². The average molecular weight is 369 g/mol. The van der Waals surface area contributed by atoms with Crippen LogP contribution in [0.25, 0.3) is 0 Å². The minimum atomic E-state index is 0.657. The third-order valence-corrected chi connectivity index (χ3v) is 4.46. The fraction of sp³-hybridized carbons (Fsp3) is 0.480. The van der Waals surface area contributed by atoms with E-state index in [1.807, 2.05) is 18.2 Å². The van der Waals surface area contributed by atoms with Crippen molar-refractivity contribution in [3.8, 4) is 5.75 Å². The van der Waals surface area contributed by atoms with Gasteiger partial charge in [0.2, 0.25) is 0 Å². The normalized spacial score (nSPS) is 11.3. The van der Waals surface area contributed by atoms with Crippen molar-refractivity contribution in [2.75, 3.05) is 6.61 Å². The van der Waals surface area contributed by atoms with Gasteiger partial charge in [0, 0.05) is 0 Å². The monoisotopic (exact) mass is 368 g/mol. The lowest BCUT2D eigenvalue weighted by atomic mass is 10.00. The van der Waals surface area contributed by atoms with Gasteiger partial charge in [0.25, 0.3) is 0 Å². The molecule has 0 unspecified atom stereocenters. The number of aldehydes is 1. The molecule has 0 N–H and O–H groups in total. The van der Waals surface area contributed by atoms with Crippen LogP contribution in [0.5, 0.6) is 5.75 Å². The lowest BCUT2D eigenvalue weighted by molar-refractivity contribution is 0.111. The molecular weight excluding hydrogens is 332 g/mol. The lowest BCUT2D eigenvalue weighted by Gasteiger charge is -2.11. The molecule has 1 aromatic carbocycles. The Hall–Kier alpha value is -2.09. The van der Waals surface area contributed by atoms with Gasteiger partial charge in [-0.1, -0.05) is 68.7 Å². The van der Waals surface area contributed by atoms with E-state index < -0.39 is 0 Å². The van der Waals surface area contributed by atoms with Gasteiger partial charge in [0.05, 0.1) is 12.2 Å². The fourth-order valence-electron chi connectivity index (χ4n) is 2.97. The molecule has 0 aliphatic carbocycles. The zero-order chi connectivity index (χ0) is 19.6. The van der Waals surface area contributed by atoms with Crippen molar-refractivity contribution in [3.63, 3.8) is 0 Å². The largest absolute Gasteiger partial charge is 0.493 e. The highest BCUT2D eigenvalue weighted by atomic mass is 16.5. The molecule has 0 spiro atoms. The lowest BCUT2D eigenvalue weighted by Crippen LogP contribution is -2.01. The molecule has 0 saturated heterocycles. The summed E-state index contributed by atoms with van der Waals surface area (Å²) in [5.74, 6) is 0.732. The Kier molecular flexibility index (Phi) is 13.7. The average Bonchev–Trinajstić information content (AvgIpc) is 2.69. The number of carbonyl (C=O) groups excluding carboxylic acids is 1. The van der Waals surface area contributed by atoms with Crippen LogP contribution in [-0.4, -0.2) is 12.9 Å². The number of hydrogen-bond donors (Lipinski definition) is 0. The second-order valence-electron chi connectivity index (χ2n) is 6.80. The van der Waals surface area contributed by atoms with E-state index in [4.69, 9.17) is 4.74 Å². The van der Waals surface area contributed by atoms with Crippen molar-refractivity contribution >= 4 is 6.29 Å². The quantitative estimate of drug-likeness (QED) is 0.174. The molecule has 1 aromatic rings. The van der Waals surface area contributed by atoms with Crippen LogP contribution in [0.3, 0.4) is 0 Å². The number of carbonyl (C=O) groups is 1. The van der Waals surface area contributed by atoms with Gasteiger partial charge in [-0.2, -0.15) is 0 Å². The highest BCUT2D eigenvalue weighted by Crippen LogP contribution is 2.23. The molecule has 0 bridgehead atoms. The van der Waals surface area contributed by atoms with E-state index in [0.29, 0.717) is 6.61 Å². The number of ether oxygens (including phenoxy) is 1. The number of allylic oxidation sites excluding steroid dienone is 5. The summed E-state index contributed by atoms with van der Waals surface area (Å²) in [5.41, 5.74) is 1.85. The van der Waals surface area contributed by atoms with Crippen LogP contribution in [0.4, 0.5) is 0 Å². The third-order valence-electron chi connectivity index (χ3n) is 4.46. The van der Waals surface area contributed by atoms with Crippen molar-refractivity contribution in [2.45, 2.75) is 71.1 Å². The second-order valence-corrected chi connectivity index (χ2v) is 6.80. The molecular formula is C25H36O2. The molecule has 0 radical (unpaired) electrons. The van der Waals surface area contributed by atoms with Crippen LogP contribution >= 0.6 is 0 Å². The van der Waals surface area contributed by atoms with Crippen molar-refractivity contribution < 1.29 is 9.53 Å². The molecule has 0 amide bonds. The minimum Gasteiger partial charge on any atom is -0.493 e. The maximum Gasteiger partial charge on any atom is 0.154 e. The van der Waals surface area contributed by atoms with Gasteiger partial charge in [-0.3, -0.25) is 4.79 Å². The molecule has 0 heterocycles. The molecule has 0 atom stereocenters. The number of hydrogen-bond acceptors (Lipinski definition) is 2. The summed E-state index contributed by atoms with van der Waals surface area (Å²) in [6, 6.07) is 5.94. The van der Waals surface area contributed by atoms with E-state index in [1.54, 1.807) is 0 Å². The summed E-state index contributed by atoms with van der Waals surface area (Å²) in [7, 11) is 0. The minimum absolute atomic E-state index is 0.657. The van der Waals surface area contributed by atoms with Gasteiger partial charge in [0.1, 0.15) is 5.75 Å². The first-order valence-electron chi connectivity index (χ1n) is 10.4. The van der Waals surface area contributed by atoms with E-state index in [9.17, 15) is 4.79 Å². The van der Waals surface area contributed by atoms with Crippen LogP contribution in [0.15, 0.2) is 55.2 Å². The topological polar surface area (TPSA) is 26.3 Å². The molecule has 2 nitrogen and oxygen atoms in total. The zero-order valence-electron chi connectivity index (χ0n) is 17.0. The summed E-state index contributed by atoms with van der Waals surface area (Å²) in [6.45, 7) is 6.43. The Morgan fingerprint density at radius 2 is 1.70 bits per heavy atom. The Morgan fingerprint density at radius 3 is 2.48 bits per heavy atom. The Morgan fingerprint density at radius 1 is 0.963 bits per heavy atom. The smallest absolute Gasteiger partial charge is 0.154 e. The standard InChI is InChI=1S/C25H36O2/c1-3-5-6-7-8-9-10-11-12-13-14-15-16-18-23-19-17-20-25(24(23)22-26)27-21-4-2/h3,6-7,9-10,17,19-20,22H,1,4-5,8,11-16,18,21H2,2H3/b7-6-,10-9-. The van der Waals surface area contributed by atoms with Crippen molar-refractivity contribution in [1.82, 2.24) is 0 Å². The number of aryl methyl sites for hydroxylation is 1. The highest BCUT2D eigenvalue weighted by Gasteiger charge is 2.08.